The van der Waals surface area contributed by atoms with E-state index in [9.17, 15) is 8.42 Å². The number of methoxy groups -OCH3 is 1. The van der Waals surface area contributed by atoms with E-state index in [0.717, 1.165) is 5.56 Å². The lowest BCUT2D eigenvalue weighted by Gasteiger charge is -2.06. The minimum absolute atomic E-state index is 0. The molecule has 0 aliphatic rings. The molecule has 0 spiro atoms. The van der Waals surface area contributed by atoms with E-state index in [0.29, 0.717) is 0 Å². The van der Waals surface area contributed by atoms with Gasteiger partial charge in [0.25, 0.3) is 0 Å². The van der Waals surface area contributed by atoms with Gasteiger partial charge >= 0.3 is 0 Å². The minimum Gasteiger partial charge on any atom is -0.495 e. The van der Waals surface area contributed by atoms with Gasteiger partial charge in [0, 0.05) is 0 Å². The number of halogens is 1. The molecule has 0 aliphatic carbocycles. The van der Waals surface area contributed by atoms with Gasteiger partial charge in [-0.25, -0.2) is 13.6 Å². The molecule has 1 aromatic rings. The van der Waals surface area contributed by atoms with Gasteiger partial charge in [-0.05, 0) is 24.6 Å². The Bertz CT molecular complexity index is 417. The van der Waals surface area contributed by atoms with Crippen LogP contribution in [0, 0.1) is 6.92 Å². The van der Waals surface area contributed by atoms with Crippen LogP contribution in [-0.4, -0.2) is 15.5 Å². The van der Waals surface area contributed by atoms with E-state index in [1.54, 1.807) is 19.1 Å². The number of aryl methyl sites for hydroxylation is 1. The van der Waals surface area contributed by atoms with Crippen molar-refractivity contribution in [2.45, 2.75) is 11.8 Å². The highest BCUT2D eigenvalue weighted by atomic mass is 35.5. The Balaban J connectivity index is 0.00000169. The first-order valence-electron chi connectivity index (χ1n) is 3.62. The lowest BCUT2D eigenvalue weighted by molar-refractivity contribution is 0.402. The SMILES string of the molecule is COc1ccc(C)cc1S(N)(=O)=O.Cl. The molecule has 14 heavy (non-hydrogen) atoms. The molecule has 2 N–H and O–H groups in total. The molecule has 0 amide bonds. The third kappa shape index (κ3) is 2.87. The van der Waals surface area contributed by atoms with Gasteiger partial charge in [-0.2, -0.15) is 0 Å². The van der Waals surface area contributed by atoms with Crippen molar-refractivity contribution in [2.75, 3.05) is 7.11 Å². The number of ether oxygens (including phenoxy) is 1. The number of nitrogens with two attached hydrogens (primary N) is 1. The second-order valence-corrected chi connectivity index (χ2v) is 4.23. The molecule has 0 heterocycles. The maximum Gasteiger partial charge on any atom is 0.241 e. The van der Waals surface area contributed by atoms with E-state index < -0.39 is 10.0 Å². The summed E-state index contributed by atoms with van der Waals surface area (Å²) in [6.07, 6.45) is 0. The zero-order valence-electron chi connectivity index (χ0n) is 7.85. The van der Waals surface area contributed by atoms with Gasteiger partial charge in [-0.15, -0.1) is 12.4 Å². The van der Waals surface area contributed by atoms with Crippen molar-refractivity contribution < 1.29 is 13.2 Å². The third-order valence-electron chi connectivity index (χ3n) is 1.63. The maximum absolute atomic E-state index is 11.1. The van der Waals surface area contributed by atoms with Gasteiger partial charge in [0.2, 0.25) is 10.0 Å². The summed E-state index contributed by atoms with van der Waals surface area (Å²) in [5.74, 6) is 0.271. The number of sulfonamides is 1. The first-order chi connectivity index (χ1) is 5.95. The number of hydrogen-bond donors (Lipinski definition) is 1. The van der Waals surface area contributed by atoms with Gasteiger partial charge in [0.15, 0.2) is 0 Å². The Labute approximate surface area is 89.5 Å². The van der Waals surface area contributed by atoms with Crippen molar-refractivity contribution in [1.82, 2.24) is 0 Å². The van der Waals surface area contributed by atoms with Gasteiger partial charge in [0.05, 0.1) is 7.11 Å². The third-order valence-corrected chi connectivity index (χ3v) is 2.56. The molecule has 0 aromatic heterocycles. The first kappa shape index (κ1) is 13.2. The van der Waals surface area contributed by atoms with Crippen LogP contribution >= 0.6 is 12.4 Å². The summed E-state index contributed by atoms with van der Waals surface area (Å²) in [5, 5.41) is 4.99. The zero-order valence-corrected chi connectivity index (χ0v) is 9.48. The molecule has 0 atom stereocenters. The Morgan fingerprint density at radius 1 is 1.36 bits per heavy atom. The fourth-order valence-electron chi connectivity index (χ4n) is 1.01. The average Bonchev–Trinajstić information content (AvgIpc) is 2.03. The van der Waals surface area contributed by atoms with Gasteiger partial charge < -0.3 is 4.74 Å². The standard InChI is InChI=1S/C8H11NO3S.ClH/c1-6-3-4-7(12-2)8(5-6)13(9,10)11;/h3-5H,1-2H3,(H2,9,10,11);1H. The fraction of sp³-hybridized carbons (Fsp3) is 0.250. The highest BCUT2D eigenvalue weighted by Crippen LogP contribution is 2.22. The molecule has 1 rings (SSSR count). The van der Waals surface area contributed by atoms with Crippen molar-refractivity contribution >= 4 is 22.4 Å². The van der Waals surface area contributed by atoms with Gasteiger partial charge in [0.1, 0.15) is 10.6 Å². The second-order valence-electron chi connectivity index (χ2n) is 2.70. The number of primary sulfonamides is 1. The van der Waals surface area contributed by atoms with Crippen LogP contribution in [0.15, 0.2) is 23.1 Å². The van der Waals surface area contributed by atoms with E-state index in [4.69, 9.17) is 9.88 Å². The van der Waals surface area contributed by atoms with Crippen molar-refractivity contribution in [1.29, 1.82) is 0 Å². The Hall–Kier alpha value is -0.780. The van der Waals surface area contributed by atoms with Crippen LogP contribution in [0.2, 0.25) is 0 Å². The molecule has 0 unspecified atom stereocenters. The van der Waals surface area contributed by atoms with Crippen molar-refractivity contribution in [2.24, 2.45) is 5.14 Å². The highest BCUT2D eigenvalue weighted by Gasteiger charge is 2.14. The highest BCUT2D eigenvalue weighted by molar-refractivity contribution is 7.89. The van der Waals surface area contributed by atoms with Crippen LogP contribution in [0.4, 0.5) is 0 Å². The molecule has 0 bridgehead atoms. The predicted molar refractivity (Wildman–Crippen MR) is 56.4 cm³/mol. The first-order valence-corrected chi connectivity index (χ1v) is 5.17. The summed E-state index contributed by atoms with van der Waals surface area (Å²) in [7, 11) is -2.29. The van der Waals surface area contributed by atoms with Gasteiger partial charge in [-0.3, -0.25) is 0 Å². The molecule has 0 radical (unpaired) electrons. The quantitative estimate of drug-likeness (QED) is 0.837. The molecule has 1 aromatic carbocycles. The maximum atomic E-state index is 11.1. The van der Waals surface area contributed by atoms with Crippen molar-refractivity contribution in [3.05, 3.63) is 23.8 Å². The number of rotatable bonds is 2. The smallest absolute Gasteiger partial charge is 0.241 e. The van der Waals surface area contributed by atoms with Gasteiger partial charge in [-0.1, -0.05) is 6.07 Å². The summed E-state index contributed by atoms with van der Waals surface area (Å²) in [4.78, 5) is 0.0231. The zero-order chi connectivity index (χ0) is 10.1. The second kappa shape index (κ2) is 4.63. The topological polar surface area (TPSA) is 69.4 Å². The largest absolute Gasteiger partial charge is 0.495 e. The van der Waals surface area contributed by atoms with Crippen LogP contribution in [0.1, 0.15) is 5.56 Å². The molecule has 6 heteroatoms. The molecular weight excluding hydrogens is 226 g/mol. The molecule has 0 aliphatic heterocycles. The van der Waals surface area contributed by atoms with Crippen LogP contribution in [0.5, 0.6) is 5.75 Å². The Morgan fingerprint density at radius 2 is 1.93 bits per heavy atom. The van der Waals surface area contributed by atoms with Crippen LogP contribution < -0.4 is 9.88 Å². The summed E-state index contributed by atoms with van der Waals surface area (Å²) in [5.41, 5.74) is 0.824. The van der Waals surface area contributed by atoms with E-state index in [-0.39, 0.29) is 23.1 Å². The van der Waals surface area contributed by atoms with Crippen LogP contribution in [0.3, 0.4) is 0 Å². The molecule has 0 saturated heterocycles. The van der Waals surface area contributed by atoms with E-state index >= 15 is 0 Å². The minimum atomic E-state index is -3.69. The Morgan fingerprint density at radius 3 is 2.36 bits per heavy atom. The van der Waals surface area contributed by atoms with E-state index in [2.05, 4.69) is 0 Å². The predicted octanol–water partition coefficient (Wildman–Crippen LogP) is 1.07. The average molecular weight is 238 g/mol. The van der Waals surface area contributed by atoms with Crippen LogP contribution in [-0.2, 0) is 10.0 Å². The van der Waals surface area contributed by atoms with Crippen LogP contribution in [0.25, 0.3) is 0 Å². The molecule has 4 nitrogen and oxygen atoms in total. The lowest BCUT2D eigenvalue weighted by Crippen LogP contribution is -2.13. The fourth-order valence-corrected chi connectivity index (χ4v) is 1.79. The van der Waals surface area contributed by atoms with Crippen molar-refractivity contribution in [3.8, 4) is 5.75 Å². The van der Waals surface area contributed by atoms with E-state index in [1.807, 2.05) is 0 Å². The Kier molecular flexibility index (Phi) is 4.38. The summed E-state index contributed by atoms with van der Waals surface area (Å²) in [6.45, 7) is 1.79. The lowest BCUT2D eigenvalue weighted by atomic mass is 10.2. The monoisotopic (exact) mass is 237 g/mol. The van der Waals surface area contributed by atoms with Crippen molar-refractivity contribution in [3.63, 3.8) is 0 Å². The normalized spacial score (nSPS) is 10.5. The number of hydrogen-bond acceptors (Lipinski definition) is 3. The molecular formula is C8H12ClNO3S. The summed E-state index contributed by atoms with van der Waals surface area (Å²) >= 11 is 0. The molecule has 80 valence electrons. The number of benzene rings is 1. The van der Waals surface area contributed by atoms with E-state index in [1.165, 1.54) is 13.2 Å². The molecule has 0 fully saturated rings. The summed E-state index contributed by atoms with van der Waals surface area (Å²) in [6, 6.07) is 4.82. The molecule has 0 saturated carbocycles. The summed E-state index contributed by atoms with van der Waals surface area (Å²) < 4.78 is 27.0.